The molecule has 0 fully saturated rings. The van der Waals surface area contributed by atoms with Crippen LogP contribution in [-0.2, 0) is 4.79 Å². The average Bonchev–Trinajstić information content (AvgIpc) is 2.44. The van der Waals surface area contributed by atoms with Gasteiger partial charge in [-0.05, 0) is 6.07 Å². The quantitative estimate of drug-likeness (QED) is 0.541. The number of hydrogen-bond donors (Lipinski definition) is 1. The molecule has 0 bridgehead atoms. The van der Waals surface area contributed by atoms with E-state index in [1.165, 1.54) is 30.1 Å². The molecule has 1 aromatic rings. The molecule has 1 aliphatic rings. The van der Waals surface area contributed by atoms with E-state index in [0.717, 1.165) is 0 Å². The summed E-state index contributed by atoms with van der Waals surface area (Å²) in [5.74, 6) is -0.467. The van der Waals surface area contributed by atoms with Gasteiger partial charge in [-0.1, -0.05) is 0 Å². The third-order valence-corrected chi connectivity index (χ3v) is 2.44. The Hall–Kier alpha value is -1.95. The summed E-state index contributed by atoms with van der Waals surface area (Å²) < 4.78 is 0. The molecule has 1 aliphatic heterocycles. The second-order valence-electron chi connectivity index (χ2n) is 3.30. The fraction of sp³-hybridized carbons (Fsp3) is 0.222. The molecule has 1 amide bonds. The lowest BCUT2D eigenvalue weighted by Gasteiger charge is -2.08. The fourth-order valence-electron chi connectivity index (χ4n) is 1.62. The van der Waals surface area contributed by atoms with Gasteiger partial charge in [-0.2, -0.15) is 0 Å². The molecule has 0 radical (unpaired) electrons. The summed E-state index contributed by atoms with van der Waals surface area (Å²) in [6, 6.07) is 3.99. The van der Waals surface area contributed by atoms with Crippen molar-refractivity contribution in [3.05, 3.63) is 33.9 Å². The number of non-ortho nitro benzene ring substituents is 1. The fourth-order valence-corrected chi connectivity index (χ4v) is 1.62. The first-order valence-electron chi connectivity index (χ1n) is 4.26. The van der Waals surface area contributed by atoms with Crippen LogP contribution in [0.15, 0.2) is 18.2 Å². The van der Waals surface area contributed by atoms with Crippen molar-refractivity contribution in [1.82, 2.24) is 0 Å². The van der Waals surface area contributed by atoms with Crippen LogP contribution in [0.4, 0.5) is 11.4 Å². The maximum Gasteiger partial charge on any atom is 0.269 e. The van der Waals surface area contributed by atoms with E-state index in [1.54, 1.807) is 0 Å². The van der Waals surface area contributed by atoms with Gasteiger partial charge in [0.05, 0.1) is 10.6 Å². The molecule has 0 aromatic heterocycles. The summed E-state index contributed by atoms with van der Waals surface area (Å²) in [5.41, 5.74) is 0.672. The number of rotatable bonds is 1. The number of likely N-dealkylation sites (N-methyl/N-ethyl adjacent to an activating group) is 1. The van der Waals surface area contributed by atoms with Gasteiger partial charge in [-0.15, -0.1) is 0 Å². The first-order chi connectivity index (χ1) is 7.02. The van der Waals surface area contributed by atoms with Gasteiger partial charge >= 0.3 is 0 Å². The molecule has 1 N–H and O–H groups in total. The zero-order valence-electron chi connectivity index (χ0n) is 7.88. The highest BCUT2D eigenvalue weighted by molar-refractivity contribution is 6.03. The number of hydrogen-bond acceptors (Lipinski definition) is 4. The van der Waals surface area contributed by atoms with Crippen molar-refractivity contribution in [1.29, 1.82) is 0 Å². The summed E-state index contributed by atoms with van der Waals surface area (Å²) in [5, 5.41) is 20.0. The van der Waals surface area contributed by atoms with Crippen LogP contribution in [0.3, 0.4) is 0 Å². The van der Waals surface area contributed by atoms with Gasteiger partial charge < -0.3 is 10.0 Å². The number of amides is 1. The van der Waals surface area contributed by atoms with E-state index in [-0.39, 0.29) is 11.3 Å². The van der Waals surface area contributed by atoms with Crippen LogP contribution in [0.5, 0.6) is 0 Å². The van der Waals surface area contributed by atoms with Crippen LogP contribution >= 0.6 is 0 Å². The molecule has 0 aliphatic carbocycles. The van der Waals surface area contributed by atoms with Crippen molar-refractivity contribution in [2.45, 2.75) is 6.10 Å². The molecule has 0 spiro atoms. The second kappa shape index (κ2) is 3.03. The monoisotopic (exact) mass is 208 g/mol. The second-order valence-corrected chi connectivity index (χ2v) is 3.30. The summed E-state index contributed by atoms with van der Waals surface area (Å²) in [7, 11) is 1.52. The van der Waals surface area contributed by atoms with Crippen LogP contribution in [-0.4, -0.2) is 23.0 Å². The van der Waals surface area contributed by atoms with Crippen molar-refractivity contribution in [2.24, 2.45) is 0 Å². The molecule has 1 atom stereocenters. The highest BCUT2D eigenvalue weighted by atomic mass is 16.6. The van der Waals surface area contributed by atoms with Gasteiger partial charge in [-0.3, -0.25) is 14.9 Å². The number of anilines is 1. The lowest BCUT2D eigenvalue weighted by Crippen LogP contribution is -2.23. The number of fused-ring (bicyclic) bond motifs is 1. The summed E-state index contributed by atoms with van der Waals surface area (Å²) >= 11 is 0. The Bertz CT molecular complexity index is 457. The number of aliphatic hydroxyl groups is 1. The lowest BCUT2D eigenvalue weighted by atomic mass is 10.1. The summed E-state index contributed by atoms with van der Waals surface area (Å²) in [6.07, 6.45) is -1.29. The lowest BCUT2D eigenvalue weighted by molar-refractivity contribution is -0.384. The SMILES string of the molecule is CN1C(=O)C(O)c2cc([N+](=O)[O-])ccc21. The van der Waals surface area contributed by atoms with Gasteiger partial charge in [-0.25, -0.2) is 0 Å². The molecule has 1 unspecified atom stereocenters. The first kappa shape index (κ1) is 9.60. The predicted molar refractivity (Wildman–Crippen MR) is 51.5 cm³/mol. The van der Waals surface area contributed by atoms with Gasteiger partial charge in [0.1, 0.15) is 0 Å². The molecule has 1 heterocycles. The number of carbonyl (C=O) groups excluding carboxylic acids is 1. The predicted octanol–water partition coefficient (Wildman–Crippen LogP) is 0.605. The molecule has 2 rings (SSSR count). The highest BCUT2D eigenvalue weighted by Crippen LogP contribution is 2.36. The first-order valence-corrected chi connectivity index (χ1v) is 4.26. The third kappa shape index (κ3) is 1.26. The standard InChI is InChI=1S/C9H8N2O4/c1-10-7-3-2-5(11(14)15)4-6(7)8(12)9(10)13/h2-4,8,12H,1H3. The van der Waals surface area contributed by atoms with Crippen LogP contribution < -0.4 is 4.90 Å². The zero-order chi connectivity index (χ0) is 11.2. The van der Waals surface area contributed by atoms with Gasteiger partial charge in [0.25, 0.3) is 11.6 Å². The Labute approximate surface area is 84.9 Å². The maximum atomic E-state index is 11.3. The molecule has 78 valence electrons. The molecule has 15 heavy (non-hydrogen) atoms. The molecular weight excluding hydrogens is 200 g/mol. The van der Waals surface area contributed by atoms with E-state index in [4.69, 9.17) is 0 Å². The van der Waals surface area contributed by atoms with Crippen LogP contribution in [0.2, 0.25) is 0 Å². The van der Waals surface area contributed by atoms with Crippen molar-refractivity contribution >= 4 is 17.3 Å². The third-order valence-electron chi connectivity index (χ3n) is 2.44. The topological polar surface area (TPSA) is 83.7 Å². The Kier molecular flexibility index (Phi) is 1.94. The number of nitro groups is 1. The molecule has 0 saturated carbocycles. The highest BCUT2D eigenvalue weighted by Gasteiger charge is 2.34. The Morgan fingerprint density at radius 2 is 2.20 bits per heavy atom. The van der Waals surface area contributed by atoms with Gasteiger partial charge in [0.2, 0.25) is 0 Å². The minimum absolute atomic E-state index is 0.129. The van der Waals surface area contributed by atoms with E-state index < -0.39 is 16.9 Å². The van der Waals surface area contributed by atoms with Gasteiger partial charge in [0, 0.05) is 24.7 Å². The minimum atomic E-state index is -1.29. The van der Waals surface area contributed by atoms with Crippen LogP contribution in [0.1, 0.15) is 11.7 Å². The number of aliphatic hydroxyl groups excluding tert-OH is 1. The van der Waals surface area contributed by atoms with E-state index in [2.05, 4.69) is 0 Å². The molecule has 1 aromatic carbocycles. The van der Waals surface area contributed by atoms with Crippen LogP contribution in [0.25, 0.3) is 0 Å². The smallest absolute Gasteiger partial charge is 0.269 e. The number of nitrogens with zero attached hydrogens (tertiary/aromatic N) is 2. The molecule has 6 nitrogen and oxygen atoms in total. The Morgan fingerprint density at radius 1 is 1.53 bits per heavy atom. The maximum absolute atomic E-state index is 11.3. The van der Waals surface area contributed by atoms with Crippen LogP contribution in [0, 0.1) is 10.1 Å². The zero-order valence-corrected chi connectivity index (χ0v) is 7.88. The molecule has 6 heteroatoms. The number of nitro benzene ring substituents is 1. The van der Waals surface area contributed by atoms with E-state index >= 15 is 0 Å². The summed E-state index contributed by atoms with van der Waals surface area (Å²) in [4.78, 5) is 22.6. The van der Waals surface area contributed by atoms with Crippen molar-refractivity contribution in [3.8, 4) is 0 Å². The summed E-state index contributed by atoms with van der Waals surface area (Å²) in [6.45, 7) is 0. The van der Waals surface area contributed by atoms with E-state index in [0.29, 0.717) is 5.69 Å². The van der Waals surface area contributed by atoms with Crippen molar-refractivity contribution in [2.75, 3.05) is 11.9 Å². The average molecular weight is 208 g/mol. The van der Waals surface area contributed by atoms with E-state index in [9.17, 15) is 20.0 Å². The van der Waals surface area contributed by atoms with E-state index in [1.807, 2.05) is 0 Å². The molecule has 0 saturated heterocycles. The largest absolute Gasteiger partial charge is 0.378 e. The number of carbonyl (C=O) groups is 1. The van der Waals surface area contributed by atoms with Gasteiger partial charge in [0.15, 0.2) is 6.10 Å². The normalized spacial score (nSPS) is 19.2. The molecular formula is C9H8N2O4. The minimum Gasteiger partial charge on any atom is -0.378 e. The number of benzene rings is 1. The van der Waals surface area contributed by atoms with Crippen molar-refractivity contribution in [3.63, 3.8) is 0 Å². The van der Waals surface area contributed by atoms with Crippen molar-refractivity contribution < 1.29 is 14.8 Å². The Balaban J connectivity index is 2.56. The Morgan fingerprint density at radius 3 is 2.80 bits per heavy atom.